The normalized spacial score (nSPS) is 14.2. The van der Waals surface area contributed by atoms with Crippen LogP contribution in [0.15, 0.2) is 0 Å². The second-order valence-electron chi connectivity index (χ2n) is 31.9. The predicted octanol–water partition coefficient (Wildman–Crippen LogP) is 25.2. The Labute approximate surface area is 632 Å². The SMILES string of the molecule is CCC(C)CCCCCCCCCCCCCCCCCCCCC(=O)O[C@H](COC(=O)CCCCCCCCC(C)C)COP(=O)(O)OC[C@H](O)COP(=O)(O)OC[C@@H](COC(=O)CCCCCCCCCCCCCCCCCC(C)C)OC(=O)CCCCCCCCCCCCCC(C)C. The van der Waals surface area contributed by atoms with Crippen molar-refractivity contribution in [2.75, 3.05) is 39.6 Å². The standard InChI is InChI=1S/C84H164O17P2/c1-9-77(8)63-55-47-38-32-26-20-16-12-10-11-13-17-22-28-34-40-50-58-66-83(88)101-80(71-95-82(87)65-57-49-43-42-46-54-62-76(6)7)73-99-103(92,93)97-69-78(85)68-96-102(90,91)98-72-79(100-84(89)67-59-51-41-35-29-23-25-31-37-45-53-61-75(4)5)70-94-81(86)64-56-48-39-33-27-21-18-14-15-19-24-30-36-44-52-60-74(2)3/h74-80,85H,9-73H2,1-8H3,(H,90,91)(H,92,93)/t77?,78-,79-,80-/m1/s1. The summed E-state index contributed by atoms with van der Waals surface area (Å²) in [5.41, 5.74) is 0. The lowest BCUT2D eigenvalue weighted by molar-refractivity contribution is -0.161. The largest absolute Gasteiger partial charge is 0.472 e. The zero-order chi connectivity index (χ0) is 76.0. The molecule has 103 heavy (non-hydrogen) atoms. The maximum absolute atomic E-state index is 13.1. The van der Waals surface area contributed by atoms with Crippen molar-refractivity contribution in [1.29, 1.82) is 0 Å². The zero-order valence-corrected chi connectivity index (χ0v) is 69.7. The quantitative estimate of drug-likeness (QED) is 0.0222. The molecule has 3 unspecified atom stereocenters. The van der Waals surface area contributed by atoms with Crippen molar-refractivity contribution in [3.8, 4) is 0 Å². The van der Waals surface area contributed by atoms with Crippen LogP contribution in [0.2, 0.25) is 0 Å². The number of hydrogen-bond acceptors (Lipinski definition) is 15. The van der Waals surface area contributed by atoms with Crippen LogP contribution < -0.4 is 0 Å². The van der Waals surface area contributed by atoms with Gasteiger partial charge in [0.2, 0.25) is 0 Å². The number of unbranched alkanes of at least 4 members (excludes halogenated alkanes) is 46. The molecule has 0 fully saturated rings. The monoisotopic (exact) mass is 1510 g/mol. The Morgan fingerprint density at radius 1 is 0.272 bits per heavy atom. The van der Waals surface area contributed by atoms with Crippen molar-refractivity contribution in [3.05, 3.63) is 0 Å². The molecule has 0 saturated heterocycles. The van der Waals surface area contributed by atoms with Gasteiger partial charge >= 0.3 is 39.5 Å². The minimum Gasteiger partial charge on any atom is -0.462 e. The number of phosphoric ester groups is 2. The van der Waals surface area contributed by atoms with E-state index in [9.17, 15) is 43.2 Å². The number of esters is 4. The number of carbonyl (C=O) groups excluding carboxylic acids is 4. The van der Waals surface area contributed by atoms with E-state index in [2.05, 4.69) is 55.4 Å². The van der Waals surface area contributed by atoms with Crippen LogP contribution >= 0.6 is 15.6 Å². The van der Waals surface area contributed by atoms with Crippen LogP contribution in [0, 0.1) is 23.7 Å². The van der Waals surface area contributed by atoms with Crippen LogP contribution in [0.3, 0.4) is 0 Å². The molecule has 17 nitrogen and oxygen atoms in total. The van der Waals surface area contributed by atoms with E-state index in [1.165, 1.54) is 231 Å². The highest BCUT2D eigenvalue weighted by Gasteiger charge is 2.30. The van der Waals surface area contributed by atoms with Crippen molar-refractivity contribution >= 4 is 39.5 Å². The minimum absolute atomic E-state index is 0.106. The lowest BCUT2D eigenvalue weighted by Gasteiger charge is -2.21. The average molecular weight is 1510 g/mol. The van der Waals surface area contributed by atoms with E-state index in [-0.39, 0.29) is 25.7 Å². The molecule has 6 atom stereocenters. The van der Waals surface area contributed by atoms with Crippen molar-refractivity contribution in [3.63, 3.8) is 0 Å². The van der Waals surface area contributed by atoms with Crippen LogP contribution in [-0.2, 0) is 65.4 Å². The fourth-order valence-corrected chi connectivity index (χ4v) is 14.5. The molecule has 0 saturated carbocycles. The first-order chi connectivity index (χ1) is 49.6. The van der Waals surface area contributed by atoms with Crippen LogP contribution in [0.4, 0.5) is 0 Å². The lowest BCUT2D eigenvalue weighted by atomic mass is 9.99. The molecule has 3 N–H and O–H groups in total. The fraction of sp³-hybridized carbons (Fsp3) is 0.952. The van der Waals surface area contributed by atoms with Gasteiger partial charge in [-0.15, -0.1) is 0 Å². The summed E-state index contributed by atoms with van der Waals surface area (Å²) in [4.78, 5) is 73.1. The number of hydrogen-bond donors (Lipinski definition) is 3. The molecule has 0 aromatic rings. The summed E-state index contributed by atoms with van der Waals surface area (Å²) in [7, 11) is -9.92. The van der Waals surface area contributed by atoms with Gasteiger partial charge in [0.05, 0.1) is 26.4 Å². The topological polar surface area (TPSA) is 237 Å². The van der Waals surface area contributed by atoms with E-state index in [1.807, 2.05) is 0 Å². The van der Waals surface area contributed by atoms with E-state index in [0.717, 1.165) is 114 Å². The fourth-order valence-electron chi connectivity index (χ4n) is 12.9. The Kier molecular flexibility index (Phi) is 71.5. The van der Waals surface area contributed by atoms with Gasteiger partial charge < -0.3 is 33.8 Å². The number of aliphatic hydroxyl groups excluding tert-OH is 1. The third kappa shape index (κ3) is 76.6. The highest BCUT2D eigenvalue weighted by molar-refractivity contribution is 7.47. The molecule has 0 spiro atoms. The Morgan fingerprint density at radius 3 is 0.689 bits per heavy atom. The Morgan fingerprint density at radius 2 is 0.466 bits per heavy atom. The van der Waals surface area contributed by atoms with Crippen molar-refractivity contribution in [2.24, 2.45) is 23.7 Å². The van der Waals surface area contributed by atoms with Gasteiger partial charge in [-0.05, 0) is 49.4 Å². The number of phosphoric acid groups is 2. The van der Waals surface area contributed by atoms with Crippen LogP contribution in [0.25, 0.3) is 0 Å². The van der Waals surface area contributed by atoms with Gasteiger partial charge in [0.1, 0.15) is 19.3 Å². The molecule has 0 aliphatic carbocycles. The van der Waals surface area contributed by atoms with E-state index >= 15 is 0 Å². The molecule has 0 rings (SSSR count). The first-order valence-corrected chi connectivity index (χ1v) is 46.2. The van der Waals surface area contributed by atoms with Gasteiger partial charge in [-0.1, -0.05) is 383 Å². The Bertz CT molecular complexity index is 2010. The summed E-state index contributed by atoms with van der Waals surface area (Å²) < 4.78 is 68.8. The molecule has 0 aromatic carbocycles. The maximum Gasteiger partial charge on any atom is 0.472 e. The van der Waals surface area contributed by atoms with Crippen LogP contribution in [0.5, 0.6) is 0 Å². The molecule has 0 bridgehead atoms. The highest BCUT2D eigenvalue weighted by Crippen LogP contribution is 2.45. The Hall–Kier alpha value is -1.94. The van der Waals surface area contributed by atoms with Gasteiger partial charge in [0.25, 0.3) is 0 Å². The molecule has 0 aliphatic rings. The second kappa shape index (κ2) is 72.9. The van der Waals surface area contributed by atoms with Gasteiger partial charge in [-0.3, -0.25) is 37.3 Å². The first-order valence-electron chi connectivity index (χ1n) is 43.2. The second-order valence-corrected chi connectivity index (χ2v) is 34.8. The van der Waals surface area contributed by atoms with Gasteiger partial charge in [0, 0.05) is 25.7 Å². The van der Waals surface area contributed by atoms with Gasteiger partial charge in [0.15, 0.2) is 12.2 Å². The molecule has 0 aromatic heterocycles. The zero-order valence-electron chi connectivity index (χ0n) is 68.0. The number of aliphatic hydroxyl groups is 1. The molecule has 0 aliphatic heterocycles. The van der Waals surface area contributed by atoms with E-state index in [0.29, 0.717) is 31.6 Å². The van der Waals surface area contributed by atoms with Crippen molar-refractivity contribution < 1.29 is 80.2 Å². The molecule has 0 amide bonds. The number of ether oxygens (including phenoxy) is 4. The summed E-state index contributed by atoms with van der Waals surface area (Å²) in [6.45, 7) is 14.3. The molecule has 0 radical (unpaired) electrons. The molecule has 0 heterocycles. The average Bonchev–Trinajstić information content (AvgIpc) is 0.907. The summed E-state index contributed by atoms with van der Waals surface area (Å²) in [6.07, 6.45) is 61.3. The molecular weight excluding hydrogens is 1340 g/mol. The summed E-state index contributed by atoms with van der Waals surface area (Å²) >= 11 is 0. The highest BCUT2D eigenvalue weighted by atomic mass is 31.2. The van der Waals surface area contributed by atoms with Crippen molar-refractivity contribution in [2.45, 2.75) is 453 Å². The third-order valence-corrected chi connectivity index (χ3v) is 21.8. The van der Waals surface area contributed by atoms with Crippen LogP contribution in [-0.4, -0.2) is 96.7 Å². The molecule has 612 valence electrons. The summed E-state index contributed by atoms with van der Waals surface area (Å²) in [6, 6.07) is 0. The lowest BCUT2D eigenvalue weighted by Crippen LogP contribution is -2.30. The third-order valence-electron chi connectivity index (χ3n) is 19.9. The summed E-state index contributed by atoms with van der Waals surface area (Å²) in [5, 5.41) is 10.7. The maximum atomic E-state index is 13.1. The van der Waals surface area contributed by atoms with Crippen molar-refractivity contribution in [1.82, 2.24) is 0 Å². The van der Waals surface area contributed by atoms with E-state index in [4.69, 9.17) is 37.0 Å². The molecule has 19 heteroatoms. The number of carbonyl (C=O) groups is 4. The van der Waals surface area contributed by atoms with Gasteiger partial charge in [-0.2, -0.15) is 0 Å². The van der Waals surface area contributed by atoms with E-state index in [1.54, 1.807) is 0 Å². The minimum atomic E-state index is -4.96. The first kappa shape index (κ1) is 101. The molecular formula is C84H164O17P2. The van der Waals surface area contributed by atoms with Crippen LogP contribution in [0.1, 0.15) is 434 Å². The summed E-state index contributed by atoms with van der Waals surface area (Å²) in [5.74, 6) is 1.01. The predicted molar refractivity (Wildman–Crippen MR) is 423 cm³/mol. The smallest absolute Gasteiger partial charge is 0.462 e. The Balaban J connectivity index is 5.17. The van der Waals surface area contributed by atoms with Gasteiger partial charge in [-0.25, -0.2) is 9.13 Å². The number of rotatable bonds is 81. The van der Waals surface area contributed by atoms with E-state index < -0.39 is 97.5 Å².